The van der Waals surface area contributed by atoms with Crippen LogP contribution in [0.1, 0.15) is 82.9 Å². The van der Waals surface area contributed by atoms with Crippen LogP contribution in [0.25, 0.3) is 50.3 Å². The molecule has 0 bridgehead atoms. The van der Waals surface area contributed by atoms with Crippen molar-refractivity contribution in [3.63, 3.8) is 0 Å². The standard InChI is InChI=1S/C26H28N3.C23H16O6.C19H20F3NO2.ClH/c1-19-17-21(20(2)29(19)24-9-7-6-8-10-24)11-13-23-14-12-22-18-25(27(3)4)15-16-26(22)28(23)5;24-20-16(14-7-3-1-5-12(14)9-18(20)22(26)27)11-17-15-8-4-2-6-13(15)10-19(21(17)25)23(28)29;1-14(12-15-6-5-9-17(13-15)19(20,21)22)23-10-11-25-18(24)16-7-3-2-4-8-16;/h6-18H,1-5H3;1-10,24-25H,11H2,(H,26,27)(H,28,29);2-9,13-14,23H,10-12H2,1H3;1H/q+1;;;/p-1. The fourth-order valence-electron chi connectivity index (χ4n) is 10.0. The van der Waals surface area contributed by atoms with Gasteiger partial charge in [0.2, 0.25) is 11.2 Å². The highest BCUT2D eigenvalue weighted by atomic mass is 35.5. The Labute approximate surface area is 491 Å². The number of aromatic nitrogens is 2. The molecule has 12 nitrogen and oxygen atoms in total. The molecule has 2 aromatic heterocycles. The molecule has 8 aromatic carbocycles. The lowest BCUT2D eigenvalue weighted by atomic mass is 9.90. The molecule has 0 radical (unpaired) electrons. The molecule has 432 valence electrons. The molecule has 84 heavy (non-hydrogen) atoms. The number of carbonyl (C=O) groups excluding carboxylic acids is 1. The van der Waals surface area contributed by atoms with Crippen LogP contribution < -0.4 is 19.9 Å². The van der Waals surface area contributed by atoms with Gasteiger partial charge < -0.3 is 39.9 Å². The van der Waals surface area contributed by atoms with Gasteiger partial charge in [-0.1, -0.05) is 109 Å². The molecule has 0 amide bonds. The number of pyridine rings is 1. The summed E-state index contributed by atoms with van der Waals surface area (Å²) in [5.74, 6) is -4.11. The van der Waals surface area contributed by atoms with Gasteiger partial charge in [-0.2, -0.15) is 17.7 Å². The Bertz CT molecular complexity index is 3920. The monoisotopic (exact) mass is 1160 g/mol. The van der Waals surface area contributed by atoms with Crippen molar-refractivity contribution < 1.29 is 57.3 Å². The van der Waals surface area contributed by atoms with Crippen LogP contribution in [0.2, 0.25) is 0 Å². The van der Waals surface area contributed by atoms with Gasteiger partial charge in [0.25, 0.3) is 0 Å². The summed E-state index contributed by atoms with van der Waals surface area (Å²) in [4.78, 5) is 37.0. The molecule has 0 aliphatic carbocycles. The number of aromatic hydroxyl groups is 1. The first-order chi connectivity index (χ1) is 39.7. The van der Waals surface area contributed by atoms with E-state index in [-0.39, 0.29) is 53.7 Å². The quantitative estimate of drug-likeness (QED) is 0.0440. The van der Waals surface area contributed by atoms with Gasteiger partial charge in [-0.25, -0.2) is 14.4 Å². The number of hydrogen-bond acceptors (Lipinski definition) is 8. The third-order valence-corrected chi connectivity index (χ3v) is 14.3. The van der Waals surface area contributed by atoms with Gasteiger partial charge >= 0.3 is 24.1 Å². The van der Waals surface area contributed by atoms with Crippen LogP contribution in [0.5, 0.6) is 11.5 Å². The van der Waals surface area contributed by atoms with Crippen LogP contribution in [0.3, 0.4) is 0 Å². The molecule has 0 saturated heterocycles. The van der Waals surface area contributed by atoms with E-state index in [2.05, 4.69) is 133 Å². The number of ether oxygens (including phenoxy) is 1. The molecule has 1 unspecified atom stereocenters. The number of hydrogen-bond donors (Lipinski definition) is 4. The second-order valence-corrected chi connectivity index (χ2v) is 20.3. The fraction of sp³-hybridized carbons (Fsp3) is 0.176. The molecule has 0 saturated carbocycles. The summed E-state index contributed by atoms with van der Waals surface area (Å²) >= 11 is 0. The number of anilines is 1. The fourth-order valence-corrected chi connectivity index (χ4v) is 10.0. The van der Waals surface area contributed by atoms with Crippen molar-refractivity contribution >= 4 is 80.6 Å². The molecule has 10 aromatic rings. The van der Waals surface area contributed by atoms with E-state index in [0.717, 1.165) is 12.1 Å². The number of nitrogens with zero attached hydrogens (tertiary/aromatic N) is 3. The molecule has 1 atom stereocenters. The van der Waals surface area contributed by atoms with Gasteiger partial charge in [0.1, 0.15) is 25.0 Å². The zero-order valence-corrected chi connectivity index (χ0v) is 48.0. The largest absolute Gasteiger partial charge is 0.872 e. The number of esters is 1. The van der Waals surface area contributed by atoms with Gasteiger partial charge in [-0.05, 0) is 138 Å². The van der Waals surface area contributed by atoms with Crippen molar-refractivity contribution in [2.45, 2.75) is 45.8 Å². The summed E-state index contributed by atoms with van der Waals surface area (Å²) in [5, 5.41) is 49.2. The second kappa shape index (κ2) is 27.6. The van der Waals surface area contributed by atoms with Crippen LogP contribution in [-0.4, -0.2) is 71.1 Å². The van der Waals surface area contributed by atoms with Gasteiger partial charge in [0.05, 0.1) is 16.7 Å². The lowest BCUT2D eigenvalue weighted by molar-refractivity contribution is -0.646. The smallest absolute Gasteiger partial charge is 0.416 e. The lowest BCUT2D eigenvalue weighted by Crippen LogP contribution is -2.32. The van der Waals surface area contributed by atoms with Gasteiger partial charge in [0, 0.05) is 85.0 Å². The molecule has 4 N–H and O–H groups in total. The van der Waals surface area contributed by atoms with E-state index in [1.54, 1.807) is 78.9 Å². The maximum Gasteiger partial charge on any atom is 0.416 e. The van der Waals surface area contributed by atoms with Crippen LogP contribution in [-0.2, 0) is 30.8 Å². The highest BCUT2D eigenvalue weighted by Gasteiger charge is 2.30. The minimum absolute atomic E-state index is 0. The van der Waals surface area contributed by atoms with E-state index in [1.165, 1.54) is 63.1 Å². The molecule has 0 fully saturated rings. The zero-order valence-electron chi connectivity index (χ0n) is 47.1. The Balaban J connectivity index is 0.000000180. The van der Waals surface area contributed by atoms with E-state index >= 15 is 0 Å². The Hall–Kier alpha value is -9.44. The predicted molar refractivity (Wildman–Crippen MR) is 326 cm³/mol. The first-order valence-electron chi connectivity index (χ1n) is 26.8. The topological polar surface area (TPSA) is 168 Å². The molecule has 2 heterocycles. The molecular formula is C68H64ClF3N4O8. The minimum atomic E-state index is -4.34. The molecule has 16 heteroatoms. The highest BCUT2D eigenvalue weighted by molar-refractivity contribution is 6.02. The third-order valence-electron chi connectivity index (χ3n) is 14.3. The number of para-hydroxylation sites is 1. The van der Waals surface area contributed by atoms with Crippen molar-refractivity contribution in [3.8, 4) is 17.2 Å². The number of rotatable bonds is 15. The van der Waals surface area contributed by atoms with Crippen molar-refractivity contribution in [3.05, 3.63) is 244 Å². The van der Waals surface area contributed by atoms with Crippen LogP contribution in [0, 0.1) is 13.8 Å². The first-order valence-corrected chi connectivity index (χ1v) is 26.8. The Morgan fingerprint density at radius 1 is 0.714 bits per heavy atom. The number of fused-ring (bicyclic) bond motifs is 3. The third kappa shape index (κ3) is 14.8. The normalized spacial score (nSPS) is 11.5. The summed E-state index contributed by atoms with van der Waals surface area (Å²) in [5.41, 5.74) is 8.85. The summed E-state index contributed by atoms with van der Waals surface area (Å²) in [6.07, 6.45) is 0.441. The van der Waals surface area contributed by atoms with E-state index in [9.17, 15) is 48.0 Å². The molecule has 10 rings (SSSR count). The average molecular weight is 1160 g/mol. The SMILES string of the molecule is CC(Cc1cccc(C(F)(F)F)c1)NCCOC(=O)c1ccccc1.Cc1cc(C=Cc2ccc3cc(N(C)C)ccc3[n+]2C)c(C)n1-c1ccccc1.Cl.O=C(O)c1cc2ccccc2c(Cc2c(O)c(C(=O)O)cc3ccccc23)c1[O-]. The highest BCUT2D eigenvalue weighted by Crippen LogP contribution is 2.38. The number of carbonyl (C=O) groups is 3. The Morgan fingerprint density at radius 3 is 1.95 bits per heavy atom. The summed E-state index contributed by atoms with van der Waals surface area (Å²) in [6, 6.07) is 54.2. The number of phenols is 1. The molecule has 0 spiro atoms. The van der Waals surface area contributed by atoms with Gasteiger partial charge in [-0.3, -0.25) is 0 Å². The number of aryl methyl sites for hydroxylation is 2. The van der Waals surface area contributed by atoms with Crippen LogP contribution in [0.15, 0.2) is 182 Å². The van der Waals surface area contributed by atoms with Crippen LogP contribution in [0.4, 0.5) is 18.9 Å². The average Bonchev–Trinajstić information content (AvgIpc) is 1.82. The number of halogens is 4. The molecule has 0 aliphatic rings. The minimum Gasteiger partial charge on any atom is -0.872 e. The van der Waals surface area contributed by atoms with Crippen LogP contribution >= 0.6 is 12.4 Å². The number of carboxylic acids is 2. The number of benzene rings is 8. The summed E-state index contributed by atoms with van der Waals surface area (Å²) in [6.45, 7) is 6.84. The zero-order chi connectivity index (χ0) is 59.5. The Morgan fingerprint density at radius 2 is 1.32 bits per heavy atom. The summed E-state index contributed by atoms with van der Waals surface area (Å²) in [7, 11) is 6.28. The van der Waals surface area contributed by atoms with E-state index in [4.69, 9.17) is 4.74 Å². The van der Waals surface area contributed by atoms with Gasteiger partial charge in [-0.15, -0.1) is 12.4 Å². The second-order valence-electron chi connectivity index (χ2n) is 20.3. The van der Waals surface area contributed by atoms with Crippen molar-refractivity contribution in [1.29, 1.82) is 0 Å². The maximum absolute atomic E-state index is 12.9. The number of alkyl halides is 3. The van der Waals surface area contributed by atoms with Crippen molar-refractivity contribution in [2.75, 3.05) is 32.1 Å². The van der Waals surface area contributed by atoms with Crippen molar-refractivity contribution in [1.82, 2.24) is 9.88 Å². The molecule has 0 aliphatic heterocycles. The van der Waals surface area contributed by atoms with E-state index in [1.807, 2.05) is 13.0 Å². The summed E-state index contributed by atoms with van der Waals surface area (Å²) < 4.78 is 47.8. The number of aromatic carboxylic acids is 2. The van der Waals surface area contributed by atoms with Gasteiger partial charge in [0.15, 0.2) is 0 Å². The number of nitrogens with one attached hydrogen (secondary N) is 1. The van der Waals surface area contributed by atoms with E-state index in [0.29, 0.717) is 45.6 Å². The molecular weight excluding hydrogens is 1090 g/mol. The van der Waals surface area contributed by atoms with Crippen molar-refractivity contribution in [2.24, 2.45) is 7.05 Å². The number of carboxylic acid groups (broad SMARTS) is 2. The maximum atomic E-state index is 12.9. The Kier molecular flexibility index (Phi) is 20.4. The van der Waals surface area contributed by atoms with E-state index < -0.39 is 41.1 Å². The lowest BCUT2D eigenvalue weighted by Gasteiger charge is -2.21. The first kappa shape index (κ1) is 62.2. The predicted octanol–water partition coefficient (Wildman–Crippen LogP) is 13.6.